The maximum Gasteiger partial charge on any atom is 0.407 e. The van der Waals surface area contributed by atoms with Crippen LogP contribution in [0.2, 0.25) is 0 Å². The van der Waals surface area contributed by atoms with E-state index in [0.717, 1.165) is 0 Å². The number of carbonyl (C=O) groups is 1. The Kier molecular flexibility index (Phi) is 11.7. The highest BCUT2D eigenvalue weighted by molar-refractivity contribution is 5.67. The van der Waals surface area contributed by atoms with Crippen molar-refractivity contribution in [1.82, 2.24) is 15.3 Å². The molecule has 0 unspecified atom stereocenters. The van der Waals surface area contributed by atoms with Crippen LogP contribution in [0.3, 0.4) is 0 Å². The van der Waals surface area contributed by atoms with Crippen LogP contribution in [0.25, 0.3) is 0 Å². The smallest absolute Gasteiger partial charge is 0.407 e. The first-order chi connectivity index (χ1) is 16.2. The summed E-state index contributed by atoms with van der Waals surface area (Å²) >= 11 is 0. The van der Waals surface area contributed by atoms with E-state index in [0.29, 0.717) is 38.8 Å². The lowest BCUT2D eigenvalue weighted by Gasteiger charge is -2.37. The molecule has 13 nitrogen and oxygen atoms in total. The van der Waals surface area contributed by atoms with Crippen molar-refractivity contribution >= 4 is 11.9 Å². The number of aromatic nitrogens is 2. The molecule has 5 N–H and O–H groups in total. The molecular formula is C21H36N4O9. The highest BCUT2D eigenvalue weighted by atomic mass is 16.6. The van der Waals surface area contributed by atoms with Crippen LogP contribution >= 0.6 is 0 Å². The summed E-state index contributed by atoms with van der Waals surface area (Å²) < 4.78 is 26.8. The van der Waals surface area contributed by atoms with E-state index < -0.39 is 36.0 Å². The van der Waals surface area contributed by atoms with E-state index in [1.54, 1.807) is 20.8 Å². The van der Waals surface area contributed by atoms with Crippen LogP contribution in [0.1, 0.15) is 20.8 Å². The minimum absolute atomic E-state index is 0.0865. The average Bonchev–Trinajstić information content (AvgIpc) is 2.77. The summed E-state index contributed by atoms with van der Waals surface area (Å²) in [6, 6.07) is -0.620. The first-order valence-electron chi connectivity index (χ1n) is 11.1. The van der Waals surface area contributed by atoms with Gasteiger partial charge in [0.05, 0.1) is 58.1 Å². The summed E-state index contributed by atoms with van der Waals surface area (Å²) in [6.07, 6.45) is -0.769. The molecule has 1 aliphatic heterocycles. The standard InChI is InChI=1S/C21H36N4O9/c1-21(2,3)34-20(29)23-4-5-30-6-7-31-8-9-32-17-11-22-10-16(25-17)24-14-13-33-15(12-26)19(28)18(14)27/h10-11,14-15,18-19,26-28H,4-9,12-13H2,1-3H3,(H,23,29)(H,24,25)/t14-,15+,18+,19-/m0/s1. The van der Waals surface area contributed by atoms with Gasteiger partial charge in [0.25, 0.3) is 0 Å². The Balaban J connectivity index is 1.55. The summed E-state index contributed by atoms with van der Waals surface area (Å²) in [5, 5.41) is 34.8. The maximum atomic E-state index is 11.5. The Morgan fingerprint density at radius 3 is 2.53 bits per heavy atom. The minimum Gasteiger partial charge on any atom is -0.474 e. The van der Waals surface area contributed by atoms with Gasteiger partial charge < -0.3 is 49.6 Å². The number of aliphatic hydroxyl groups is 3. The summed E-state index contributed by atoms with van der Waals surface area (Å²) in [4.78, 5) is 19.8. The molecule has 1 aliphatic rings. The number of alkyl carbamates (subject to hydrolysis) is 1. The van der Waals surface area contributed by atoms with Crippen molar-refractivity contribution in [2.45, 2.75) is 50.7 Å². The van der Waals surface area contributed by atoms with Gasteiger partial charge in [0.15, 0.2) is 0 Å². The molecule has 1 aromatic heterocycles. The number of aliphatic hydroxyl groups excluding tert-OH is 3. The molecule has 13 heteroatoms. The molecule has 2 rings (SSSR count). The van der Waals surface area contributed by atoms with E-state index in [4.69, 9.17) is 28.8 Å². The molecule has 0 spiro atoms. The van der Waals surface area contributed by atoms with Crippen LogP contribution in [0.5, 0.6) is 5.88 Å². The lowest BCUT2D eigenvalue weighted by Crippen LogP contribution is -2.56. The van der Waals surface area contributed by atoms with Gasteiger partial charge in [-0.15, -0.1) is 0 Å². The van der Waals surface area contributed by atoms with Crippen LogP contribution in [0.15, 0.2) is 12.4 Å². The summed E-state index contributed by atoms with van der Waals surface area (Å²) in [6.45, 7) is 7.04. The van der Waals surface area contributed by atoms with E-state index in [2.05, 4.69) is 20.6 Å². The number of rotatable bonds is 13. The molecule has 0 aliphatic carbocycles. The van der Waals surface area contributed by atoms with Crippen molar-refractivity contribution < 1.29 is 43.8 Å². The molecule has 34 heavy (non-hydrogen) atoms. The third kappa shape index (κ3) is 10.3. The number of ether oxygens (including phenoxy) is 5. The van der Waals surface area contributed by atoms with Crippen molar-refractivity contribution in [2.75, 3.05) is 58.1 Å². The Morgan fingerprint density at radius 1 is 1.12 bits per heavy atom. The lowest BCUT2D eigenvalue weighted by molar-refractivity contribution is -0.152. The number of carbonyl (C=O) groups excluding carboxylic acids is 1. The summed E-state index contributed by atoms with van der Waals surface area (Å²) in [5.41, 5.74) is -0.536. The third-order valence-corrected chi connectivity index (χ3v) is 4.52. The first-order valence-corrected chi connectivity index (χ1v) is 11.1. The number of nitrogens with one attached hydrogen (secondary N) is 2. The van der Waals surface area contributed by atoms with Crippen LogP contribution in [0, 0.1) is 0 Å². The van der Waals surface area contributed by atoms with Crippen molar-refractivity contribution in [3.05, 3.63) is 12.4 Å². The molecule has 0 saturated carbocycles. The Bertz CT molecular complexity index is 734. The largest absolute Gasteiger partial charge is 0.474 e. The fourth-order valence-electron chi connectivity index (χ4n) is 2.91. The third-order valence-electron chi connectivity index (χ3n) is 4.52. The van der Waals surface area contributed by atoms with Crippen molar-refractivity contribution in [3.63, 3.8) is 0 Å². The second kappa shape index (κ2) is 14.2. The van der Waals surface area contributed by atoms with Gasteiger partial charge in [-0.3, -0.25) is 4.98 Å². The van der Waals surface area contributed by atoms with Crippen LogP contribution in [0.4, 0.5) is 10.6 Å². The summed E-state index contributed by atoms with van der Waals surface area (Å²) in [7, 11) is 0. The Labute approximate surface area is 198 Å². The molecule has 4 atom stereocenters. The number of amides is 1. The SMILES string of the molecule is CC(C)(C)OC(=O)NCCOCCOCCOc1cncc(N[C@H]2CO[C@H](CO)[C@H](O)[C@@H]2O)n1. The first kappa shape index (κ1) is 28.0. The maximum absolute atomic E-state index is 11.5. The van der Waals surface area contributed by atoms with E-state index in [-0.39, 0.29) is 25.7 Å². The van der Waals surface area contributed by atoms with Gasteiger partial charge in [-0.05, 0) is 20.8 Å². The van der Waals surface area contributed by atoms with Gasteiger partial charge in [0.1, 0.15) is 36.3 Å². The molecule has 1 amide bonds. The van der Waals surface area contributed by atoms with E-state index >= 15 is 0 Å². The van der Waals surface area contributed by atoms with Crippen LogP contribution in [-0.2, 0) is 18.9 Å². The zero-order valence-corrected chi connectivity index (χ0v) is 19.8. The van der Waals surface area contributed by atoms with Crippen molar-refractivity contribution in [3.8, 4) is 5.88 Å². The van der Waals surface area contributed by atoms with Crippen molar-refractivity contribution in [2.24, 2.45) is 0 Å². The highest BCUT2D eigenvalue weighted by Crippen LogP contribution is 2.19. The topological polar surface area (TPSA) is 174 Å². The number of nitrogens with zero attached hydrogens (tertiary/aromatic N) is 2. The lowest BCUT2D eigenvalue weighted by atomic mass is 9.98. The summed E-state index contributed by atoms with van der Waals surface area (Å²) in [5.74, 6) is 0.604. The zero-order chi connectivity index (χ0) is 25.0. The average molecular weight is 489 g/mol. The number of hydrogen-bond acceptors (Lipinski definition) is 12. The minimum atomic E-state index is -1.22. The van der Waals surface area contributed by atoms with Gasteiger partial charge in [0.2, 0.25) is 5.88 Å². The molecule has 1 fully saturated rings. The Hall–Kier alpha value is -2.29. The fourth-order valence-corrected chi connectivity index (χ4v) is 2.91. The molecule has 1 aromatic rings. The quantitative estimate of drug-likeness (QED) is 0.221. The predicted octanol–water partition coefficient (Wildman–Crippen LogP) is -0.693. The number of anilines is 1. The fraction of sp³-hybridized carbons (Fsp3) is 0.762. The van der Waals surface area contributed by atoms with Crippen molar-refractivity contribution in [1.29, 1.82) is 0 Å². The van der Waals surface area contributed by atoms with E-state index in [9.17, 15) is 15.0 Å². The van der Waals surface area contributed by atoms with E-state index in [1.807, 2.05) is 0 Å². The molecule has 2 heterocycles. The molecule has 0 bridgehead atoms. The van der Waals surface area contributed by atoms with Gasteiger partial charge >= 0.3 is 6.09 Å². The molecular weight excluding hydrogens is 452 g/mol. The molecule has 194 valence electrons. The normalized spacial score (nSPS) is 22.8. The monoisotopic (exact) mass is 488 g/mol. The van der Waals surface area contributed by atoms with Gasteiger partial charge in [-0.25, -0.2) is 4.79 Å². The second-order valence-corrected chi connectivity index (χ2v) is 8.53. The Morgan fingerprint density at radius 2 is 1.82 bits per heavy atom. The van der Waals surface area contributed by atoms with Gasteiger partial charge in [-0.1, -0.05) is 0 Å². The van der Waals surface area contributed by atoms with Gasteiger partial charge in [-0.2, -0.15) is 4.98 Å². The molecule has 1 saturated heterocycles. The zero-order valence-electron chi connectivity index (χ0n) is 19.8. The second-order valence-electron chi connectivity index (χ2n) is 8.53. The van der Waals surface area contributed by atoms with Gasteiger partial charge in [0, 0.05) is 6.54 Å². The molecule has 0 radical (unpaired) electrons. The van der Waals surface area contributed by atoms with Crippen LogP contribution in [-0.4, -0.2) is 114 Å². The predicted molar refractivity (Wildman–Crippen MR) is 120 cm³/mol. The molecule has 0 aromatic carbocycles. The number of hydrogen-bond donors (Lipinski definition) is 5. The highest BCUT2D eigenvalue weighted by Gasteiger charge is 2.38. The van der Waals surface area contributed by atoms with E-state index in [1.165, 1.54) is 12.4 Å². The van der Waals surface area contributed by atoms with Crippen LogP contribution < -0.4 is 15.4 Å².